The standard InChI is InChI=1S/C11H13NO.ClH/c1-2-4-10-8(3-1)5-9-6-12-7-11(9)13-10;/h1-4,9,11-12H,5-7H2;1H/t9-,11-;/m0./s1. The summed E-state index contributed by atoms with van der Waals surface area (Å²) in [5.41, 5.74) is 1.37. The van der Waals surface area contributed by atoms with Crippen molar-refractivity contribution in [2.24, 2.45) is 5.92 Å². The quantitative estimate of drug-likeness (QED) is 0.705. The molecule has 0 aliphatic carbocycles. The summed E-state index contributed by atoms with van der Waals surface area (Å²) in [6, 6.07) is 8.38. The zero-order valence-corrected chi connectivity index (χ0v) is 8.72. The highest BCUT2D eigenvalue weighted by Gasteiger charge is 2.33. The van der Waals surface area contributed by atoms with Crippen LogP contribution >= 0.6 is 12.4 Å². The number of halogens is 1. The summed E-state index contributed by atoms with van der Waals surface area (Å²) in [5.74, 6) is 1.78. The van der Waals surface area contributed by atoms with E-state index in [2.05, 4.69) is 23.5 Å². The molecule has 0 amide bonds. The molecular formula is C11H14ClNO. The minimum Gasteiger partial charge on any atom is -0.488 e. The smallest absolute Gasteiger partial charge is 0.123 e. The highest BCUT2D eigenvalue weighted by atomic mass is 35.5. The Bertz CT molecular complexity index is 298. The summed E-state index contributed by atoms with van der Waals surface area (Å²) in [6.45, 7) is 2.12. The number of hydrogen-bond acceptors (Lipinski definition) is 2. The predicted octanol–water partition coefficient (Wildman–Crippen LogP) is 1.63. The fraction of sp³-hybridized carbons (Fsp3) is 0.455. The average molecular weight is 212 g/mol. The minimum absolute atomic E-state index is 0. The van der Waals surface area contributed by atoms with Gasteiger partial charge in [0.2, 0.25) is 0 Å². The molecular weight excluding hydrogens is 198 g/mol. The van der Waals surface area contributed by atoms with Crippen LogP contribution < -0.4 is 10.1 Å². The van der Waals surface area contributed by atoms with Crippen LogP contribution in [0.4, 0.5) is 0 Å². The molecule has 2 nitrogen and oxygen atoms in total. The summed E-state index contributed by atoms with van der Waals surface area (Å²) in [6.07, 6.45) is 1.59. The molecule has 2 heterocycles. The maximum atomic E-state index is 5.89. The van der Waals surface area contributed by atoms with E-state index in [0.717, 1.165) is 18.8 Å². The third kappa shape index (κ3) is 1.49. The van der Waals surface area contributed by atoms with E-state index >= 15 is 0 Å². The fourth-order valence-electron chi connectivity index (χ4n) is 2.28. The molecule has 2 aliphatic heterocycles. The lowest BCUT2D eigenvalue weighted by molar-refractivity contribution is 0.153. The van der Waals surface area contributed by atoms with E-state index in [1.54, 1.807) is 0 Å². The first-order valence-corrected chi connectivity index (χ1v) is 4.89. The number of nitrogens with one attached hydrogen (secondary N) is 1. The molecule has 3 heteroatoms. The molecule has 0 radical (unpaired) electrons. The zero-order valence-electron chi connectivity index (χ0n) is 7.90. The van der Waals surface area contributed by atoms with E-state index in [1.165, 1.54) is 12.0 Å². The van der Waals surface area contributed by atoms with Gasteiger partial charge in [-0.1, -0.05) is 18.2 Å². The predicted molar refractivity (Wildman–Crippen MR) is 58.2 cm³/mol. The third-order valence-electron chi connectivity index (χ3n) is 3.01. The van der Waals surface area contributed by atoms with Gasteiger partial charge in [-0.25, -0.2) is 0 Å². The normalized spacial score (nSPS) is 28.3. The first-order valence-electron chi connectivity index (χ1n) is 4.89. The second-order valence-electron chi connectivity index (χ2n) is 3.89. The molecule has 1 aromatic rings. The summed E-state index contributed by atoms with van der Waals surface area (Å²) >= 11 is 0. The number of fused-ring (bicyclic) bond motifs is 2. The summed E-state index contributed by atoms with van der Waals surface area (Å²) in [7, 11) is 0. The summed E-state index contributed by atoms with van der Waals surface area (Å²) in [5, 5.41) is 3.37. The highest BCUT2D eigenvalue weighted by Crippen LogP contribution is 2.31. The van der Waals surface area contributed by atoms with Gasteiger partial charge < -0.3 is 10.1 Å². The molecule has 0 saturated carbocycles. The van der Waals surface area contributed by atoms with Crippen molar-refractivity contribution in [1.82, 2.24) is 5.32 Å². The Morgan fingerprint density at radius 2 is 2.07 bits per heavy atom. The Labute approximate surface area is 90.1 Å². The Morgan fingerprint density at radius 1 is 1.21 bits per heavy atom. The number of para-hydroxylation sites is 1. The van der Waals surface area contributed by atoms with Gasteiger partial charge in [-0.15, -0.1) is 12.4 Å². The van der Waals surface area contributed by atoms with Gasteiger partial charge in [-0.3, -0.25) is 0 Å². The van der Waals surface area contributed by atoms with E-state index in [0.29, 0.717) is 12.0 Å². The number of rotatable bonds is 0. The average Bonchev–Trinajstić information content (AvgIpc) is 2.61. The molecule has 3 rings (SSSR count). The second kappa shape index (κ2) is 3.79. The maximum absolute atomic E-state index is 5.89. The van der Waals surface area contributed by atoms with Gasteiger partial charge in [0, 0.05) is 19.0 Å². The van der Waals surface area contributed by atoms with Crippen LogP contribution in [-0.4, -0.2) is 19.2 Å². The van der Waals surface area contributed by atoms with E-state index in [1.807, 2.05) is 6.07 Å². The molecule has 1 N–H and O–H groups in total. The van der Waals surface area contributed by atoms with Crippen LogP contribution in [0.15, 0.2) is 24.3 Å². The minimum atomic E-state index is 0. The van der Waals surface area contributed by atoms with Gasteiger partial charge >= 0.3 is 0 Å². The highest BCUT2D eigenvalue weighted by molar-refractivity contribution is 5.85. The molecule has 2 aliphatic rings. The van der Waals surface area contributed by atoms with Gasteiger partial charge in [-0.05, 0) is 18.1 Å². The van der Waals surface area contributed by atoms with Crippen LogP contribution in [0.25, 0.3) is 0 Å². The molecule has 0 unspecified atom stereocenters. The summed E-state index contributed by atoms with van der Waals surface area (Å²) < 4.78 is 5.89. The molecule has 2 atom stereocenters. The first kappa shape index (κ1) is 9.81. The topological polar surface area (TPSA) is 21.3 Å². The number of benzene rings is 1. The van der Waals surface area contributed by atoms with Crippen molar-refractivity contribution in [2.45, 2.75) is 12.5 Å². The van der Waals surface area contributed by atoms with Crippen molar-refractivity contribution < 1.29 is 4.74 Å². The van der Waals surface area contributed by atoms with Crippen molar-refractivity contribution in [3.8, 4) is 5.75 Å². The van der Waals surface area contributed by atoms with Gasteiger partial charge in [0.15, 0.2) is 0 Å². The van der Waals surface area contributed by atoms with E-state index in [9.17, 15) is 0 Å². The van der Waals surface area contributed by atoms with Crippen molar-refractivity contribution in [3.05, 3.63) is 29.8 Å². The van der Waals surface area contributed by atoms with Gasteiger partial charge in [-0.2, -0.15) is 0 Å². The van der Waals surface area contributed by atoms with Crippen LogP contribution in [0.2, 0.25) is 0 Å². The molecule has 1 aromatic carbocycles. The first-order chi connectivity index (χ1) is 6.43. The van der Waals surface area contributed by atoms with E-state index in [-0.39, 0.29) is 12.4 Å². The fourth-order valence-corrected chi connectivity index (χ4v) is 2.28. The number of ether oxygens (including phenoxy) is 1. The molecule has 0 aromatic heterocycles. The molecule has 1 fully saturated rings. The van der Waals surface area contributed by atoms with Gasteiger partial charge in [0.25, 0.3) is 0 Å². The lowest BCUT2D eigenvalue weighted by Gasteiger charge is -2.27. The largest absolute Gasteiger partial charge is 0.488 e. The lowest BCUT2D eigenvalue weighted by Crippen LogP contribution is -2.31. The van der Waals surface area contributed by atoms with Gasteiger partial charge in [0.05, 0.1) is 0 Å². The third-order valence-corrected chi connectivity index (χ3v) is 3.01. The SMILES string of the molecule is Cl.c1ccc2c(c1)C[C@H]1CNC[C@@H]1O2. The van der Waals surface area contributed by atoms with E-state index < -0.39 is 0 Å². The van der Waals surface area contributed by atoms with E-state index in [4.69, 9.17) is 4.74 Å². The van der Waals surface area contributed by atoms with Gasteiger partial charge in [0.1, 0.15) is 11.9 Å². The van der Waals surface area contributed by atoms with Crippen LogP contribution in [-0.2, 0) is 6.42 Å². The zero-order chi connectivity index (χ0) is 8.67. The molecule has 0 spiro atoms. The summed E-state index contributed by atoms with van der Waals surface area (Å²) in [4.78, 5) is 0. The Balaban J connectivity index is 0.000000750. The molecule has 1 saturated heterocycles. The second-order valence-corrected chi connectivity index (χ2v) is 3.89. The van der Waals surface area contributed by atoms with Crippen molar-refractivity contribution in [3.63, 3.8) is 0 Å². The Morgan fingerprint density at radius 3 is 3.00 bits per heavy atom. The van der Waals surface area contributed by atoms with Crippen LogP contribution in [0.5, 0.6) is 5.75 Å². The Kier molecular flexibility index (Phi) is 2.66. The van der Waals surface area contributed by atoms with Crippen LogP contribution in [0, 0.1) is 5.92 Å². The van der Waals surface area contributed by atoms with Crippen LogP contribution in [0.3, 0.4) is 0 Å². The van der Waals surface area contributed by atoms with Crippen molar-refractivity contribution >= 4 is 12.4 Å². The maximum Gasteiger partial charge on any atom is 0.123 e. The van der Waals surface area contributed by atoms with Crippen molar-refractivity contribution in [1.29, 1.82) is 0 Å². The van der Waals surface area contributed by atoms with Crippen molar-refractivity contribution in [2.75, 3.05) is 13.1 Å². The monoisotopic (exact) mass is 211 g/mol. The molecule has 0 bridgehead atoms. The Hall–Kier alpha value is -0.730. The molecule has 14 heavy (non-hydrogen) atoms. The number of hydrogen-bond donors (Lipinski definition) is 1. The van der Waals surface area contributed by atoms with Crippen LogP contribution in [0.1, 0.15) is 5.56 Å². The lowest BCUT2D eigenvalue weighted by atomic mass is 9.93. The molecule has 76 valence electrons.